The number of pyridine rings is 1. The van der Waals surface area contributed by atoms with E-state index in [4.69, 9.17) is 9.72 Å². The van der Waals surface area contributed by atoms with E-state index in [1.807, 2.05) is 60.7 Å². The highest BCUT2D eigenvalue weighted by atomic mass is 19.1. The molecule has 6 nitrogen and oxygen atoms in total. The minimum Gasteiger partial charge on any atom is -0.486 e. The van der Waals surface area contributed by atoms with Gasteiger partial charge in [-0.25, -0.2) is 9.37 Å². The highest BCUT2D eigenvalue weighted by molar-refractivity contribution is 5.95. The summed E-state index contributed by atoms with van der Waals surface area (Å²) in [7, 11) is 0. The zero-order chi connectivity index (χ0) is 24.9. The first-order chi connectivity index (χ1) is 17.4. The summed E-state index contributed by atoms with van der Waals surface area (Å²) in [6, 6.07) is 23.8. The van der Waals surface area contributed by atoms with E-state index in [-0.39, 0.29) is 18.3 Å². The van der Waals surface area contributed by atoms with Crippen LogP contribution in [0.25, 0.3) is 22.2 Å². The Morgan fingerprint density at radius 2 is 1.83 bits per heavy atom. The summed E-state index contributed by atoms with van der Waals surface area (Å²) >= 11 is 0. The van der Waals surface area contributed by atoms with Gasteiger partial charge < -0.3 is 15.2 Å². The molecule has 36 heavy (non-hydrogen) atoms. The molecular weight excluding hydrogens is 459 g/mol. The Morgan fingerprint density at radius 3 is 2.58 bits per heavy atom. The Morgan fingerprint density at radius 1 is 1.06 bits per heavy atom. The largest absolute Gasteiger partial charge is 0.486 e. The third-order valence-corrected chi connectivity index (χ3v) is 7.31. The second-order valence-electron chi connectivity index (χ2n) is 9.51. The van der Waals surface area contributed by atoms with Crippen molar-refractivity contribution in [1.29, 1.82) is 0 Å². The van der Waals surface area contributed by atoms with Crippen LogP contribution in [-0.2, 0) is 16.2 Å². The summed E-state index contributed by atoms with van der Waals surface area (Å²) in [5.74, 6) is -2.31. The van der Waals surface area contributed by atoms with Crippen molar-refractivity contribution in [1.82, 2.24) is 10.3 Å². The number of rotatable bonds is 6. The van der Waals surface area contributed by atoms with E-state index in [0.717, 1.165) is 27.7 Å². The molecule has 6 rings (SSSR count). The number of nitrogens with one attached hydrogen (secondary N) is 1. The molecule has 0 radical (unpaired) electrons. The van der Waals surface area contributed by atoms with Crippen LogP contribution in [0.3, 0.4) is 0 Å². The van der Waals surface area contributed by atoms with Crippen LogP contribution in [0.1, 0.15) is 30.0 Å². The molecule has 3 aromatic carbocycles. The molecule has 2 aliphatic rings. The lowest BCUT2D eigenvalue weighted by atomic mass is 9.95. The van der Waals surface area contributed by atoms with Crippen LogP contribution in [-0.4, -0.2) is 22.0 Å². The molecule has 2 N–H and O–H groups in total. The first-order valence-electron chi connectivity index (χ1n) is 11.8. The predicted octanol–water partition coefficient (Wildman–Crippen LogP) is 5.27. The van der Waals surface area contributed by atoms with E-state index in [1.165, 1.54) is 6.07 Å². The highest BCUT2D eigenvalue weighted by Gasteiger charge is 2.67. The van der Waals surface area contributed by atoms with Gasteiger partial charge in [0.1, 0.15) is 6.61 Å². The first-order valence-corrected chi connectivity index (χ1v) is 11.8. The lowest BCUT2D eigenvalue weighted by molar-refractivity contribution is -0.141. The zero-order valence-electron chi connectivity index (χ0n) is 19.3. The van der Waals surface area contributed by atoms with Gasteiger partial charge in [0.2, 0.25) is 5.91 Å². The van der Waals surface area contributed by atoms with Crippen molar-refractivity contribution < 1.29 is 23.8 Å². The topological polar surface area (TPSA) is 88.5 Å². The van der Waals surface area contributed by atoms with Gasteiger partial charge in [-0.05, 0) is 42.7 Å². The van der Waals surface area contributed by atoms with Crippen LogP contribution in [0, 0.1) is 17.2 Å². The van der Waals surface area contributed by atoms with Gasteiger partial charge in [-0.15, -0.1) is 0 Å². The minimum absolute atomic E-state index is 0.106. The van der Waals surface area contributed by atoms with E-state index in [2.05, 4.69) is 5.32 Å². The molecule has 3 atom stereocenters. The number of nitrogens with zero attached hydrogens (tertiary/aromatic N) is 1. The summed E-state index contributed by atoms with van der Waals surface area (Å²) < 4.78 is 20.9. The Balaban J connectivity index is 1.23. The van der Waals surface area contributed by atoms with Crippen LogP contribution in [0.5, 0.6) is 5.75 Å². The normalized spacial score (nSPS) is 22.5. The molecule has 1 saturated carbocycles. The number of carboxylic acids is 1. The lowest BCUT2D eigenvalue weighted by Gasteiger charge is -2.14. The van der Waals surface area contributed by atoms with Gasteiger partial charge in [0.25, 0.3) is 0 Å². The van der Waals surface area contributed by atoms with Crippen molar-refractivity contribution in [2.45, 2.75) is 25.5 Å². The van der Waals surface area contributed by atoms with E-state index >= 15 is 4.39 Å². The Kier molecular flexibility index (Phi) is 5.21. The number of ether oxygens (including phenoxy) is 1. The molecule has 1 aromatic heterocycles. The molecule has 2 fully saturated rings. The number of benzene rings is 3. The smallest absolute Gasteiger partial charge is 0.307 e. The highest BCUT2D eigenvalue weighted by Crippen LogP contribution is 2.61. The molecule has 0 bridgehead atoms. The van der Waals surface area contributed by atoms with E-state index in [0.29, 0.717) is 18.4 Å². The summed E-state index contributed by atoms with van der Waals surface area (Å²) in [5, 5.41) is 13.0. The van der Waals surface area contributed by atoms with Crippen molar-refractivity contribution in [2.75, 3.05) is 0 Å². The minimum atomic E-state index is -0.959. The van der Waals surface area contributed by atoms with Crippen molar-refractivity contribution in [3.8, 4) is 17.0 Å². The van der Waals surface area contributed by atoms with Gasteiger partial charge in [-0.3, -0.25) is 9.59 Å². The Hall–Kier alpha value is -4.26. The van der Waals surface area contributed by atoms with Gasteiger partial charge >= 0.3 is 5.97 Å². The number of halogens is 1. The van der Waals surface area contributed by atoms with Gasteiger partial charge in [0.05, 0.1) is 28.6 Å². The number of hydrogen-bond acceptors (Lipinski definition) is 4. The molecule has 7 heteroatoms. The Bertz CT molecular complexity index is 1510. The second-order valence-corrected chi connectivity index (χ2v) is 9.51. The molecule has 1 aliphatic heterocycles. The average molecular weight is 483 g/mol. The molecule has 1 saturated heterocycles. The fraction of sp³-hybridized carbons (Fsp3) is 0.207. The summed E-state index contributed by atoms with van der Waals surface area (Å²) in [4.78, 5) is 28.5. The van der Waals surface area contributed by atoms with Crippen LogP contribution in [0.4, 0.5) is 4.39 Å². The van der Waals surface area contributed by atoms with Gasteiger partial charge in [-0.1, -0.05) is 54.6 Å². The van der Waals surface area contributed by atoms with Gasteiger partial charge in [0.15, 0.2) is 11.6 Å². The number of para-hydroxylation sites is 1. The number of carbonyl (C=O) groups is 2. The van der Waals surface area contributed by atoms with Crippen molar-refractivity contribution in [3.05, 3.63) is 95.8 Å². The van der Waals surface area contributed by atoms with Gasteiger partial charge in [-0.2, -0.15) is 0 Å². The van der Waals surface area contributed by atoms with Crippen LogP contribution >= 0.6 is 0 Å². The maximum atomic E-state index is 15.0. The van der Waals surface area contributed by atoms with Crippen molar-refractivity contribution in [2.24, 2.45) is 11.3 Å². The third kappa shape index (κ3) is 3.77. The quantitative estimate of drug-likeness (QED) is 0.391. The average Bonchev–Trinajstić information content (AvgIpc) is 3.54. The molecular formula is C29H23FN2O4. The predicted molar refractivity (Wildman–Crippen MR) is 132 cm³/mol. The van der Waals surface area contributed by atoms with Crippen molar-refractivity contribution >= 4 is 22.8 Å². The van der Waals surface area contributed by atoms with Crippen molar-refractivity contribution in [3.63, 3.8) is 0 Å². The number of aromatic nitrogens is 1. The molecule has 4 aromatic rings. The molecule has 1 unspecified atom stereocenters. The SMILES string of the molecule is O=C(O)[C@H]1C[C@@]12CC(c1ccc(OCc3cc(-c4ccccc4)nc4ccccc34)c(F)c1)NC2=O. The summed E-state index contributed by atoms with van der Waals surface area (Å²) in [6.45, 7) is 0.155. The molecule has 180 valence electrons. The van der Waals surface area contributed by atoms with Crippen LogP contribution < -0.4 is 10.1 Å². The molecule has 2 heterocycles. The maximum absolute atomic E-state index is 15.0. The van der Waals surface area contributed by atoms with Gasteiger partial charge in [0, 0.05) is 16.5 Å². The van der Waals surface area contributed by atoms with Crippen LogP contribution in [0.2, 0.25) is 0 Å². The summed E-state index contributed by atoms with van der Waals surface area (Å²) in [6.07, 6.45) is 0.687. The van der Waals surface area contributed by atoms with E-state index < -0.39 is 29.2 Å². The molecule has 1 spiro atoms. The number of fused-ring (bicyclic) bond motifs is 1. The standard InChI is InChI=1S/C29H23FN2O4/c30-22-12-18(25-15-29(28(35)32-25)14-21(29)27(33)34)10-11-26(22)36-16-19-13-24(17-6-2-1-3-7-17)31-23-9-5-4-8-20(19)23/h1-13,21,25H,14-16H2,(H,32,35)(H,33,34)/t21-,25?,29-/m1/s1. The fourth-order valence-electron chi connectivity index (χ4n) is 5.25. The Labute approximate surface area is 206 Å². The summed E-state index contributed by atoms with van der Waals surface area (Å²) in [5.41, 5.74) is 3.26. The third-order valence-electron chi connectivity index (χ3n) is 7.31. The lowest BCUT2D eigenvalue weighted by Crippen LogP contribution is -2.24. The molecule has 1 aliphatic carbocycles. The number of hydrogen-bond donors (Lipinski definition) is 2. The second kappa shape index (κ2) is 8.45. The fourth-order valence-corrected chi connectivity index (χ4v) is 5.25. The number of aliphatic carboxylic acids is 1. The number of carbonyl (C=O) groups excluding carboxylic acids is 1. The number of amides is 1. The first kappa shape index (κ1) is 22.2. The van der Waals surface area contributed by atoms with E-state index in [9.17, 15) is 14.7 Å². The molecule has 1 amide bonds. The van der Waals surface area contributed by atoms with E-state index in [1.54, 1.807) is 12.1 Å². The number of carboxylic acid groups (broad SMARTS) is 1. The monoisotopic (exact) mass is 482 g/mol. The zero-order valence-corrected chi connectivity index (χ0v) is 19.3. The van der Waals surface area contributed by atoms with Crippen LogP contribution in [0.15, 0.2) is 78.9 Å². The maximum Gasteiger partial charge on any atom is 0.307 e.